The summed E-state index contributed by atoms with van der Waals surface area (Å²) >= 11 is 0. The standard InChI is InChI=1S/C24H42O21.C24H36O21.H2O/c2*25-1-5-9(29)10(30)15(35)22(40-5)44-19-7(3-27)42-24(17(37)12(19)32)45-20-8(4-28)41-23(16(36)13(20)33)43-18-6(2-26)39-21(38)14(34)11(18)31;/h5-38H,1-4H2;5-24,29-36H,1-4H2;1H2/q;-6;/p-1/t2*5?,6-,7-,8?,9+,10?,11?,12?,13?,14?,15-,16-,17?,18+,19+,20+,21+,22-,23-,24-;/m00./s1. The van der Waals surface area contributed by atoms with Gasteiger partial charge in [-0.1, -0.05) is 0 Å². The van der Waals surface area contributed by atoms with E-state index in [0.717, 1.165) is 0 Å². The summed E-state index contributed by atoms with van der Waals surface area (Å²) in [6.45, 7) is -8.00. The summed E-state index contributed by atoms with van der Waals surface area (Å²) in [6, 6.07) is 0. The van der Waals surface area contributed by atoms with E-state index in [0.29, 0.717) is 0 Å². The molecule has 0 aliphatic carbocycles. The fraction of sp³-hybridized carbons (Fsp3) is 1.00. The van der Waals surface area contributed by atoms with Crippen molar-refractivity contribution in [2.75, 3.05) is 52.9 Å². The van der Waals surface area contributed by atoms with Gasteiger partial charge in [-0.25, -0.2) is 0 Å². The molecule has 0 aromatic rings. The molecule has 16 unspecified atom stereocenters. The topological polar surface area (TPSA) is 743 Å². The fourth-order valence-corrected chi connectivity index (χ4v) is 11.0. The zero-order valence-electron chi connectivity index (χ0n) is 47.2. The molecule has 23 N–H and O–H groups in total. The van der Waals surface area contributed by atoms with E-state index in [1.54, 1.807) is 0 Å². The molecule has 0 bridgehead atoms. The number of aliphatic hydroxyl groups excluding tert-OH is 22. The van der Waals surface area contributed by atoms with Gasteiger partial charge in [-0.2, -0.15) is 0 Å². The molecule has 43 heteroatoms. The van der Waals surface area contributed by atoms with Gasteiger partial charge < -0.3 is 215 Å². The van der Waals surface area contributed by atoms with Gasteiger partial charge in [0.1, 0.15) is 159 Å². The summed E-state index contributed by atoms with van der Waals surface area (Å²) in [5.74, 6) is 0. The first-order chi connectivity index (χ1) is 42.6. The molecule has 8 saturated heterocycles. The SMILES string of the molecule is OCC1O[C@@H](O[C@H]2C(O)C(O)[C@H](O[C@@H]3C(CO)O[C@@H](O[C@H]4C(O)C(O)[C@H](O)O[C@H]4CO)[C@@H](O)C3O)O[C@H]2CO)[C@@H](O)C(O)[C@@H]1O.[O-]CC1O[C@@H](O[C@H]2C(O)C([O-])[C@H](O[C@@H]3C(C[O-])O[C@@H](O[C@H]4C(O)C(O)[C@H]([O-])O[C@H]4C[O-])[C@@H](O)C3O)O[C@H]2C[O-])[C@@H](O)C(O)[C@@H]1O.[OH-]. The van der Waals surface area contributed by atoms with Crippen LogP contribution >= 0.6 is 0 Å². The number of ether oxygens (including phenoxy) is 14. The number of rotatable bonds is 20. The molecule has 0 aromatic heterocycles. The molecule has 536 valence electrons. The van der Waals surface area contributed by atoms with E-state index in [-0.39, 0.29) is 5.48 Å². The molecule has 8 fully saturated rings. The second-order valence-corrected chi connectivity index (χ2v) is 22.2. The average Bonchev–Trinajstić information content (AvgIpc) is 0.923. The van der Waals surface area contributed by atoms with Gasteiger partial charge in [-0.05, 0) is 6.10 Å². The van der Waals surface area contributed by atoms with E-state index in [1.165, 1.54) is 0 Å². The molecule has 8 rings (SSSR count). The molecule has 8 aliphatic rings. The Kier molecular flexibility index (Phi) is 29.4. The lowest BCUT2D eigenvalue weighted by Gasteiger charge is -2.53. The summed E-state index contributed by atoms with van der Waals surface area (Å²) in [7, 11) is 0. The Morgan fingerprint density at radius 2 is 0.495 bits per heavy atom. The highest BCUT2D eigenvalue weighted by atomic mass is 16.8. The second-order valence-electron chi connectivity index (χ2n) is 22.2. The predicted molar refractivity (Wildman–Crippen MR) is 256 cm³/mol. The Morgan fingerprint density at radius 1 is 0.242 bits per heavy atom. The maximum atomic E-state index is 13.1. The zero-order chi connectivity index (χ0) is 66.7. The van der Waals surface area contributed by atoms with Crippen molar-refractivity contribution >= 4 is 0 Å². The van der Waals surface area contributed by atoms with Gasteiger partial charge in [-0.3, -0.25) is 0 Å². The first-order valence-electron chi connectivity index (χ1n) is 28.1. The fourth-order valence-electron chi connectivity index (χ4n) is 11.0. The molecule has 0 saturated carbocycles. The molecule has 43 nitrogen and oxygen atoms in total. The highest BCUT2D eigenvalue weighted by molar-refractivity contribution is 5.00. The van der Waals surface area contributed by atoms with Crippen LogP contribution in [0.4, 0.5) is 0 Å². The lowest BCUT2D eigenvalue weighted by atomic mass is 9.95. The van der Waals surface area contributed by atoms with Crippen molar-refractivity contribution < 1.29 is 215 Å². The Bertz CT molecular complexity index is 1960. The van der Waals surface area contributed by atoms with Crippen molar-refractivity contribution in [3.8, 4) is 0 Å². The van der Waals surface area contributed by atoms with Gasteiger partial charge in [0.15, 0.2) is 37.7 Å². The maximum Gasteiger partial charge on any atom is 0.187 e. The van der Waals surface area contributed by atoms with Crippen LogP contribution in [0.1, 0.15) is 0 Å². The third-order valence-corrected chi connectivity index (χ3v) is 16.3. The Balaban J connectivity index is 0.000000286. The molecule has 0 radical (unpaired) electrons. The smallest absolute Gasteiger partial charge is 0.187 e. The van der Waals surface area contributed by atoms with Gasteiger partial charge in [0, 0.05) is 6.29 Å². The van der Waals surface area contributed by atoms with Crippen LogP contribution in [0, 0.1) is 0 Å². The van der Waals surface area contributed by atoms with Crippen LogP contribution in [0.15, 0.2) is 0 Å². The van der Waals surface area contributed by atoms with Crippen LogP contribution in [0.25, 0.3) is 0 Å². The Morgan fingerprint density at radius 3 is 0.868 bits per heavy atom. The lowest BCUT2D eigenvalue weighted by molar-refractivity contribution is -0.545. The summed E-state index contributed by atoms with van der Waals surface area (Å²) in [5, 5.41) is 296. The van der Waals surface area contributed by atoms with Crippen molar-refractivity contribution in [2.24, 2.45) is 0 Å². The molecule has 91 heavy (non-hydrogen) atoms. The molecule has 0 aromatic carbocycles. The van der Waals surface area contributed by atoms with Gasteiger partial charge in [0.05, 0.1) is 63.1 Å². The Labute approximate surface area is 512 Å². The van der Waals surface area contributed by atoms with E-state index in [2.05, 4.69) is 0 Å². The van der Waals surface area contributed by atoms with Crippen LogP contribution in [0.2, 0.25) is 0 Å². The van der Waals surface area contributed by atoms with E-state index in [9.17, 15) is 143 Å². The summed E-state index contributed by atoms with van der Waals surface area (Å²) in [4.78, 5) is 0. The Hall–Kier alpha value is -1.72. The summed E-state index contributed by atoms with van der Waals surface area (Å²) < 4.78 is 74.4. The summed E-state index contributed by atoms with van der Waals surface area (Å²) in [5.41, 5.74) is 0. The first kappa shape index (κ1) is 78.3. The highest BCUT2D eigenvalue weighted by Crippen LogP contribution is 2.37. The highest BCUT2D eigenvalue weighted by Gasteiger charge is 2.57. The van der Waals surface area contributed by atoms with E-state index in [4.69, 9.17) is 66.3 Å². The van der Waals surface area contributed by atoms with E-state index < -0.39 is 299 Å². The predicted octanol–water partition coefficient (Wildman–Crippen LogP) is -23.5. The van der Waals surface area contributed by atoms with Crippen molar-refractivity contribution in [2.45, 2.75) is 246 Å². The van der Waals surface area contributed by atoms with Gasteiger partial charge >= 0.3 is 0 Å². The quantitative estimate of drug-likeness (QED) is 0.0538. The van der Waals surface area contributed by atoms with Gasteiger partial charge in [-0.15, -0.1) is 26.4 Å². The van der Waals surface area contributed by atoms with Crippen molar-refractivity contribution in [1.82, 2.24) is 0 Å². The van der Waals surface area contributed by atoms with Crippen molar-refractivity contribution in [1.29, 1.82) is 0 Å². The first-order valence-corrected chi connectivity index (χ1v) is 28.1. The van der Waals surface area contributed by atoms with Crippen LogP contribution in [0.3, 0.4) is 0 Å². The normalized spacial score (nSPS) is 52.4. The third kappa shape index (κ3) is 16.7. The molecule has 8 heterocycles. The van der Waals surface area contributed by atoms with E-state index in [1.807, 2.05) is 0 Å². The number of hydrogen-bond acceptors (Lipinski definition) is 43. The van der Waals surface area contributed by atoms with Crippen molar-refractivity contribution in [3.05, 3.63) is 0 Å². The van der Waals surface area contributed by atoms with Crippen LogP contribution in [-0.2, 0) is 66.3 Å². The molecular formula is C48H79O43-7. The van der Waals surface area contributed by atoms with Gasteiger partial charge in [0.2, 0.25) is 0 Å². The van der Waals surface area contributed by atoms with Crippen LogP contribution in [0.5, 0.6) is 0 Å². The minimum absolute atomic E-state index is 0. The minimum atomic E-state index is -2.34. The molecule has 40 atom stereocenters. The third-order valence-electron chi connectivity index (χ3n) is 16.3. The molecule has 8 aliphatic heterocycles. The zero-order valence-corrected chi connectivity index (χ0v) is 47.2. The molecule has 0 spiro atoms. The monoisotopic (exact) mass is 1340 g/mol. The van der Waals surface area contributed by atoms with Crippen LogP contribution in [-0.4, -0.2) is 416 Å². The largest absolute Gasteiger partial charge is 0.870 e. The number of hydrogen-bond donors (Lipinski definition) is 22. The lowest BCUT2D eigenvalue weighted by Crippen LogP contribution is -2.70. The van der Waals surface area contributed by atoms with E-state index >= 15 is 0 Å². The number of aliphatic hydroxyl groups is 22. The van der Waals surface area contributed by atoms with Crippen molar-refractivity contribution in [3.63, 3.8) is 0 Å². The van der Waals surface area contributed by atoms with Crippen LogP contribution < -0.4 is 30.6 Å². The average molecular weight is 1340 g/mol. The minimum Gasteiger partial charge on any atom is -0.870 e. The molecule has 0 amide bonds. The maximum absolute atomic E-state index is 13.1. The van der Waals surface area contributed by atoms with Gasteiger partial charge in [0.25, 0.3) is 0 Å². The molecular weight excluding hydrogens is 1260 g/mol. The summed E-state index contributed by atoms with van der Waals surface area (Å²) in [6.07, 6.45) is -73.8. The second kappa shape index (κ2) is 34.2.